The lowest BCUT2D eigenvalue weighted by Crippen LogP contribution is -2.35. The Morgan fingerprint density at radius 3 is 2.42 bits per heavy atom. The third-order valence-electron chi connectivity index (χ3n) is 3.52. The van der Waals surface area contributed by atoms with Gasteiger partial charge in [0.05, 0.1) is 26.5 Å². The van der Waals surface area contributed by atoms with Gasteiger partial charge < -0.3 is 14.8 Å². The van der Waals surface area contributed by atoms with Crippen molar-refractivity contribution in [3.8, 4) is 11.8 Å². The summed E-state index contributed by atoms with van der Waals surface area (Å²) in [6.07, 6.45) is 2.66. The quantitative estimate of drug-likeness (QED) is 0.823. The molecule has 0 aliphatic heterocycles. The molecule has 0 saturated heterocycles. The van der Waals surface area contributed by atoms with Gasteiger partial charge in [0, 0.05) is 0 Å². The van der Waals surface area contributed by atoms with E-state index >= 15 is 0 Å². The van der Waals surface area contributed by atoms with Crippen molar-refractivity contribution in [1.82, 2.24) is 15.3 Å². The van der Waals surface area contributed by atoms with Crippen molar-refractivity contribution in [2.24, 2.45) is 5.41 Å². The molecule has 1 atom stereocenters. The summed E-state index contributed by atoms with van der Waals surface area (Å²) in [5.41, 5.74) is 0.893. The van der Waals surface area contributed by atoms with Gasteiger partial charge in [0.2, 0.25) is 11.8 Å². The molecule has 0 fully saturated rings. The van der Waals surface area contributed by atoms with Crippen LogP contribution in [0, 0.1) is 5.41 Å². The van der Waals surface area contributed by atoms with E-state index in [0.29, 0.717) is 11.8 Å². The molecule has 1 N–H and O–H groups in total. The Hall–Kier alpha value is -1.36. The lowest BCUT2D eigenvalue weighted by Gasteiger charge is -2.34. The van der Waals surface area contributed by atoms with Gasteiger partial charge in [0.1, 0.15) is 5.69 Å². The normalized spacial score (nSPS) is 13.2. The van der Waals surface area contributed by atoms with Crippen LogP contribution in [0.15, 0.2) is 6.20 Å². The van der Waals surface area contributed by atoms with Crippen LogP contribution < -0.4 is 14.8 Å². The molecule has 0 amide bonds. The number of hydrogen-bond acceptors (Lipinski definition) is 5. The second kappa shape index (κ2) is 6.70. The van der Waals surface area contributed by atoms with E-state index < -0.39 is 0 Å². The molecule has 5 nitrogen and oxygen atoms in total. The Balaban J connectivity index is 3.22. The minimum atomic E-state index is 0.0621. The van der Waals surface area contributed by atoms with Crippen molar-refractivity contribution in [3.05, 3.63) is 11.9 Å². The van der Waals surface area contributed by atoms with E-state index in [4.69, 9.17) is 9.47 Å². The second-order valence-electron chi connectivity index (χ2n) is 5.14. The molecular formula is C14H25N3O2. The smallest absolute Gasteiger partial charge is 0.240 e. The zero-order chi connectivity index (χ0) is 14.5. The molecule has 1 heterocycles. The van der Waals surface area contributed by atoms with E-state index in [-0.39, 0.29) is 11.5 Å². The highest BCUT2D eigenvalue weighted by atomic mass is 16.5. The summed E-state index contributed by atoms with van der Waals surface area (Å²) in [6.45, 7) is 9.55. The van der Waals surface area contributed by atoms with Crippen molar-refractivity contribution in [2.75, 3.05) is 20.8 Å². The van der Waals surface area contributed by atoms with Crippen LogP contribution in [-0.2, 0) is 0 Å². The number of nitrogens with one attached hydrogen (secondary N) is 1. The summed E-state index contributed by atoms with van der Waals surface area (Å²) >= 11 is 0. The molecule has 19 heavy (non-hydrogen) atoms. The van der Waals surface area contributed by atoms with Crippen LogP contribution in [-0.4, -0.2) is 30.7 Å². The summed E-state index contributed by atoms with van der Waals surface area (Å²) < 4.78 is 10.5. The predicted octanol–water partition coefficient (Wildman–Crippen LogP) is 2.58. The SMILES string of the molecule is CCNC(c1ncc(OC)nc1OC)C(C)(C)CC. The van der Waals surface area contributed by atoms with Gasteiger partial charge in [-0.05, 0) is 18.4 Å². The van der Waals surface area contributed by atoms with Crippen LogP contribution in [0.3, 0.4) is 0 Å². The molecule has 0 aromatic carbocycles. The Kier molecular flexibility index (Phi) is 5.54. The van der Waals surface area contributed by atoms with Gasteiger partial charge in [-0.1, -0.05) is 27.7 Å². The standard InChI is InChI=1S/C14H25N3O2/c1-7-14(3,4)12(15-8-2)11-13(19-6)17-10(18-5)9-16-11/h9,12,15H,7-8H2,1-6H3. The van der Waals surface area contributed by atoms with E-state index in [1.807, 2.05) is 0 Å². The predicted molar refractivity (Wildman–Crippen MR) is 75.6 cm³/mol. The lowest BCUT2D eigenvalue weighted by atomic mass is 9.80. The van der Waals surface area contributed by atoms with E-state index in [1.54, 1.807) is 20.4 Å². The molecule has 5 heteroatoms. The lowest BCUT2D eigenvalue weighted by molar-refractivity contribution is 0.224. The van der Waals surface area contributed by atoms with Gasteiger partial charge >= 0.3 is 0 Å². The maximum Gasteiger partial charge on any atom is 0.240 e. The number of nitrogens with zero attached hydrogens (tertiary/aromatic N) is 2. The number of rotatable bonds is 7. The van der Waals surface area contributed by atoms with E-state index in [0.717, 1.165) is 18.7 Å². The first kappa shape index (κ1) is 15.7. The molecule has 0 aliphatic rings. The van der Waals surface area contributed by atoms with Crippen molar-refractivity contribution >= 4 is 0 Å². The molecule has 1 aromatic heterocycles. The first-order valence-corrected chi connectivity index (χ1v) is 6.68. The first-order chi connectivity index (χ1) is 9.00. The third-order valence-corrected chi connectivity index (χ3v) is 3.52. The largest absolute Gasteiger partial charge is 0.480 e. The molecule has 0 saturated carbocycles. The summed E-state index contributed by atoms with van der Waals surface area (Å²) in [5.74, 6) is 0.983. The van der Waals surface area contributed by atoms with Gasteiger partial charge in [-0.2, -0.15) is 4.98 Å². The molecule has 1 rings (SSSR count). The molecule has 0 spiro atoms. The van der Waals surface area contributed by atoms with Gasteiger partial charge in [-0.15, -0.1) is 0 Å². The number of hydrogen-bond donors (Lipinski definition) is 1. The second-order valence-corrected chi connectivity index (χ2v) is 5.14. The maximum atomic E-state index is 5.36. The van der Waals surface area contributed by atoms with Crippen molar-refractivity contribution < 1.29 is 9.47 Å². The van der Waals surface area contributed by atoms with E-state index in [9.17, 15) is 0 Å². The van der Waals surface area contributed by atoms with Gasteiger partial charge in [-0.25, -0.2) is 4.98 Å². The highest BCUT2D eigenvalue weighted by Crippen LogP contribution is 2.38. The zero-order valence-electron chi connectivity index (χ0n) is 12.8. The summed E-state index contributed by atoms with van der Waals surface area (Å²) in [7, 11) is 3.18. The monoisotopic (exact) mass is 267 g/mol. The average molecular weight is 267 g/mol. The Morgan fingerprint density at radius 2 is 1.95 bits per heavy atom. The fourth-order valence-corrected chi connectivity index (χ4v) is 1.96. The number of ether oxygens (including phenoxy) is 2. The molecule has 1 unspecified atom stereocenters. The van der Waals surface area contributed by atoms with Crippen molar-refractivity contribution in [1.29, 1.82) is 0 Å². The van der Waals surface area contributed by atoms with E-state index in [2.05, 4.69) is 43.0 Å². The molecule has 0 aliphatic carbocycles. The minimum Gasteiger partial charge on any atom is -0.480 e. The van der Waals surface area contributed by atoms with Crippen LogP contribution in [0.1, 0.15) is 45.9 Å². The Morgan fingerprint density at radius 1 is 1.26 bits per heavy atom. The van der Waals surface area contributed by atoms with Crippen LogP contribution >= 0.6 is 0 Å². The van der Waals surface area contributed by atoms with Crippen LogP contribution in [0.4, 0.5) is 0 Å². The number of methoxy groups -OCH3 is 2. The van der Waals surface area contributed by atoms with Crippen molar-refractivity contribution in [3.63, 3.8) is 0 Å². The van der Waals surface area contributed by atoms with E-state index in [1.165, 1.54) is 0 Å². The zero-order valence-corrected chi connectivity index (χ0v) is 12.8. The molecule has 1 aromatic rings. The van der Waals surface area contributed by atoms with Crippen molar-refractivity contribution in [2.45, 2.75) is 40.2 Å². The maximum absolute atomic E-state index is 5.36. The van der Waals surface area contributed by atoms with Crippen LogP contribution in [0.25, 0.3) is 0 Å². The fraction of sp³-hybridized carbons (Fsp3) is 0.714. The van der Waals surface area contributed by atoms with Gasteiger partial charge in [-0.3, -0.25) is 0 Å². The summed E-state index contributed by atoms with van der Waals surface area (Å²) in [6, 6.07) is 0.0934. The van der Waals surface area contributed by atoms with Crippen LogP contribution in [0.5, 0.6) is 11.8 Å². The van der Waals surface area contributed by atoms with Crippen LogP contribution in [0.2, 0.25) is 0 Å². The highest BCUT2D eigenvalue weighted by molar-refractivity contribution is 5.27. The number of aromatic nitrogens is 2. The Bertz CT molecular complexity index is 408. The molecule has 0 bridgehead atoms. The fourth-order valence-electron chi connectivity index (χ4n) is 1.96. The first-order valence-electron chi connectivity index (χ1n) is 6.68. The highest BCUT2D eigenvalue weighted by Gasteiger charge is 2.32. The third kappa shape index (κ3) is 3.56. The van der Waals surface area contributed by atoms with Gasteiger partial charge in [0.15, 0.2) is 0 Å². The molecule has 108 valence electrons. The minimum absolute atomic E-state index is 0.0621. The molecular weight excluding hydrogens is 242 g/mol. The average Bonchev–Trinajstić information content (AvgIpc) is 2.44. The Labute approximate surface area is 115 Å². The molecule has 0 radical (unpaired) electrons. The topological polar surface area (TPSA) is 56.3 Å². The summed E-state index contributed by atoms with van der Waals surface area (Å²) in [5, 5.41) is 3.48. The van der Waals surface area contributed by atoms with Gasteiger partial charge in [0.25, 0.3) is 0 Å². The summed E-state index contributed by atoms with van der Waals surface area (Å²) in [4.78, 5) is 8.79.